The maximum Gasteiger partial charge on any atom is 0.246 e. The van der Waals surface area contributed by atoms with Crippen molar-refractivity contribution in [3.63, 3.8) is 0 Å². The third-order valence-corrected chi connectivity index (χ3v) is 5.20. The Balaban J connectivity index is 1.72. The first kappa shape index (κ1) is 18.4. The lowest BCUT2D eigenvalue weighted by Gasteiger charge is -2.17. The van der Waals surface area contributed by atoms with Crippen LogP contribution in [0.25, 0.3) is 6.08 Å². The molecule has 0 radical (unpaired) electrons. The van der Waals surface area contributed by atoms with Crippen molar-refractivity contribution in [3.05, 3.63) is 58.4 Å². The second kappa shape index (κ2) is 8.35. The van der Waals surface area contributed by atoms with E-state index < -0.39 is 0 Å². The zero-order chi connectivity index (χ0) is 18.5. The molecule has 2 aromatic rings. The summed E-state index contributed by atoms with van der Waals surface area (Å²) in [6.45, 7) is 8.69. The number of benzene rings is 1. The Morgan fingerprint density at radius 2 is 1.69 bits per heavy atom. The number of nitrogens with zero attached hydrogens (tertiary/aromatic N) is 3. The molecule has 0 aliphatic carbocycles. The molecule has 0 atom stereocenters. The number of carbonyl (C=O) groups is 1. The van der Waals surface area contributed by atoms with E-state index in [1.807, 2.05) is 22.6 Å². The average molecular weight is 351 g/mol. The zero-order valence-electron chi connectivity index (χ0n) is 16.2. The highest BCUT2D eigenvalue weighted by atomic mass is 16.2. The molecule has 1 aliphatic heterocycles. The van der Waals surface area contributed by atoms with Gasteiger partial charge in [0.1, 0.15) is 0 Å². The smallest absolute Gasteiger partial charge is 0.246 e. The molecule has 0 N–H and O–H groups in total. The van der Waals surface area contributed by atoms with E-state index in [9.17, 15) is 4.79 Å². The number of likely N-dealkylation sites (tertiary alicyclic amines) is 1. The number of amides is 1. The quantitative estimate of drug-likeness (QED) is 0.772. The second-order valence-electron chi connectivity index (χ2n) is 7.30. The van der Waals surface area contributed by atoms with Crippen molar-refractivity contribution in [1.29, 1.82) is 0 Å². The lowest BCUT2D eigenvalue weighted by atomic mass is 10.1. The number of aryl methyl sites for hydroxylation is 2. The number of carbonyl (C=O) groups excluding carboxylic acids is 1. The molecular weight excluding hydrogens is 322 g/mol. The Morgan fingerprint density at radius 3 is 2.35 bits per heavy atom. The number of aromatic nitrogens is 2. The van der Waals surface area contributed by atoms with Gasteiger partial charge in [-0.05, 0) is 45.3 Å². The molecule has 2 heterocycles. The van der Waals surface area contributed by atoms with Crippen molar-refractivity contribution in [2.75, 3.05) is 13.1 Å². The molecule has 0 saturated carbocycles. The molecule has 1 amide bonds. The summed E-state index contributed by atoms with van der Waals surface area (Å²) in [6, 6.07) is 8.54. The van der Waals surface area contributed by atoms with Crippen LogP contribution in [0.4, 0.5) is 0 Å². The van der Waals surface area contributed by atoms with Crippen LogP contribution in [0.15, 0.2) is 30.3 Å². The Hall–Kier alpha value is -2.36. The fourth-order valence-corrected chi connectivity index (χ4v) is 3.52. The van der Waals surface area contributed by atoms with Gasteiger partial charge in [-0.2, -0.15) is 5.10 Å². The monoisotopic (exact) mass is 351 g/mol. The summed E-state index contributed by atoms with van der Waals surface area (Å²) in [6.07, 6.45) is 8.36. The minimum absolute atomic E-state index is 0.122. The maximum atomic E-state index is 12.5. The lowest BCUT2D eigenvalue weighted by Crippen LogP contribution is -2.30. The van der Waals surface area contributed by atoms with Gasteiger partial charge in [0.25, 0.3) is 0 Å². The molecule has 1 aromatic heterocycles. The van der Waals surface area contributed by atoms with Crippen LogP contribution in [-0.2, 0) is 11.3 Å². The predicted octanol–water partition coefficient (Wildman–Crippen LogP) is 4.27. The molecule has 138 valence electrons. The molecule has 26 heavy (non-hydrogen) atoms. The molecule has 1 saturated heterocycles. The number of rotatable bonds is 4. The molecule has 1 aliphatic rings. The van der Waals surface area contributed by atoms with Gasteiger partial charge in [-0.15, -0.1) is 0 Å². The van der Waals surface area contributed by atoms with Crippen molar-refractivity contribution in [3.8, 4) is 0 Å². The van der Waals surface area contributed by atoms with Crippen LogP contribution in [0.2, 0.25) is 0 Å². The maximum absolute atomic E-state index is 12.5. The first-order valence-electron chi connectivity index (χ1n) is 9.61. The van der Waals surface area contributed by atoms with E-state index >= 15 is 0 Å². The molecule has 0 bridgehead atoms. The van der Waals surface area contributed by atoms with Crippen LogP contribution in [0.5, 0.6) is 0 Å². The first-order chi connectivity index (χ1) is 12.5. The molecule has 4 nitrogen and oxygen atoms in total. The van der Waals surface area contributed by atoms with E-state index in [2.05, 4.69) is 43.2 Å². The normalized spacial score (nSPS) is 15.4. The summed E-state index contributed by atoms with van der Waals surface area (Å²) in [5.41, 5.74) is 5.62. The number of hydrogen-bond donors (Lipinski definition) is 0. The SMILES string of the molecule is Cc1ccc(Cn2nc(C)c(C=CC(=O)N3CCCCCC3)c2C)cc1. The molecule has 4 heteroatoms. The van der Waals surface area contributed by atoms with E-state index in [0.29, 0.717) is 0 Å². The Labute approximate surface area is 156 Å². The highest BCUT2D eigenvalue weighted by molar-refractivity contribution is 5.92. The van der Waals surface area contributed by atoms with Gasteiger partial charge in [0.15, 0.2) is 0 Å². The van der Waals surface area contributed by atoms with Crippen molar-refractivity contribution in [1.82, 2.24) is 14.7 Å². The van der Waals surface area contributed by atoms with Gasteiger partial charge >= 0.3 is 0 Å². The van der Waals surface area contributed by atoms with E-state index in [1.165, 1.54) is 24.0 Å². The van der Waals surface area contributed by atoms with E-state index in [0.717, 1.165) is 49.4 Å². The van der Waals surface area contributed by atoms with Gasteiger partial charge in [-0.3, -0.25) is 9.48 Å². The molecule has 0 spiro atoms. The zero-order valence-corrected chi connectivity index (χ0v) is 16.2. The molecule has 3 rings (SSSR count). The van der Waals surface area contributed by atoms with Crippen LogP contribution in [0.1, 0.15) is 53.8 Å². The van der Waals surface area contributed by atoms with E-state index in [1.54, 1.807) is 6.08 Å². The van der Waals surface area contributed by atoms with Gasteiger partial charge in [0.05, 0.1) is 12.2 Å². The summed E-state index contributed by atoms with van der Waals surface area (Å²) in [5.74, 6) is 0.122. The largest absolute Gasteiger partial charge is 0.339 e. The van der Waals surface area contributed by atoms with E-state index in [4.69, 9.17) is 0 Å². The summed E-state index contributed by atoms with van der Waals surface area (Å²) >= 11 is 0. The summed E-state index contributed by atoms with van der Waals surface area (Å²) in [7, 11) is 0. The van der Waals surface area contributed by atoms with Gasteiger partial charge < -0.3 is 4.90 Å². The fourth-order valence-electron chi connectivity index (χ4n) is 3.52. The molecular formula is C22H29N3O. The molecule has 1 aromatic carbocycles. The van der Waals surface area contributed by atoms with Crippen molar-refractivity contribution < 1.29 is 4.79 Å². The average Bonchev–Trinajstić information content (AvgIpc) is 2.83. The third kappa shape index (κ3) is 4.43. The Kier molecular flexibility index (Phi) is 5.92. The topological polar surface area (TPSA) is 38.1 Å². The summed E-state index contributed by atoms with van der Waals surface area (Å²) in [5, 5.41) is 4.67. The third-order valence-electron chi connectivity index (χ3n) is 5.20. The lowest BCUT2D eigenvalue weighted by molar-refractivity contribution is -0.125. The van der Waals surface area contributed by atoms with Crippen LogP contribution in [-0.4, -0.2) is 33.7 Å². The highest BCUT2D eigenvalue weighted by Crippen LogP contribution is 2.17. The second-order valence-corrected chi connectivity index (χ2v) is 7.30. The van der Waals surface area contributed by atoms with Crippen LogP contribution >= 0.6 is 0 Å². The summed E-state index contributed by atoms with van der Waals surface area (Å²) < 4.78 is 2.02. The van der Waals surface area contributed by atoms with Gasteiger partial charge in [0.2, 0.25) is 5.91 Å². The number of hydrogen-bond acceptors (Lipinski definition) is 2. The molecule has 0 unspecified atom stereocenters. The minimum Gasteiger partial charge on any atom is -0.339 e. The van der Waals surface area contributed by atoms with Gasteiger partial charge in [-0.1, -0.05) is 42.7 Å². The Bertz CT molecular complexity index is 778. The first-order valence-corrected chi connectivity index (χ1v) is 9.61. The predicted molar refractivity (Wildman–Crippen MR) is 106 cm³/mol. The van der Waals surface area contributed by atoms with Crippen molar-refractivity contribution >= 4 is 12.0 Å². The van der Waals surface area contributed by atoms with Gasteiger partial charge in [-0.25, -0.2) is 0 Å². The van der Waals surface area contributed by atoms with Crippen molar-refractivity contribution in [2.45, 2.75) is 53.0 Å². The summed E-state index contributed by atoms with van der Waals surface area (Å²) in [4.78, 5) is 14.5. The fraction of sp³-hybridized carbons (Fsp3) is 0.455. The van der Waals surface area contributed by atoms with Crippen molar-refractivity contribution in [2.24, 2.45) is 0 Å². The van der Waals surface area contributed by atoms with Crippen LogP contribution in [0.3, 0.4) is 0 Å². The highest BCUT2D eigenvalue weighted by Gasteiger charge is 2.14. The standard InChI is InChI=1S/C22H29N3O/c1-17-8-10-20(11-9-17)16-25-19(3)21(18(2)23-25)12-13-22(26)24-14-6-4-5-7-15-24/h8-13H,4-7,14-16H2,1-3H3. The Morgan fingerprint density at radius 1 is 1.04 bits per heavy atom. The molecule has 1 fully saturated rings. The minimum atomic E-state index is 0.122. The van der Waals surface area contributed by atoms with E-state index in [-0.39, 0.29) is 5.91 Å². The van der Waals surface area contributed by atoms with Crippen LogP contribution in [0, 0.1) is 20.8 Å². The van der Waals surface area contributed by atoms with Gasteiger partial charge in [0, 0.05) is 30.4 Å². The van der Waals surface area contributed by atoms with Crippen LogP contribution < -0.4 is 0 Å².